The van der Waals surface area contributed by atoms with Crippen molar-refractivity contribution in [3.8, 4) is 0 Å². The van der Waals surface area contributed by atoms with Crippen molar-refractivity contribution in [2.75, 3.05) is 18.0 Å². The topological polar surface area (TPSA) is 41.1 Å². The molecule has 3 rings (SSSR count). The van der Waals surface area contributed by atoms with Crippen LogP contribution in [0.25, 0.3) is 0 Å². The summed E-state index contributed by atoms with van der Waals surface area (Å²) in [7, 11) is 0. The fourth-order valence-electron chi connectivity index (χ4n) is 2.45. The van der Waals surface area contributed by atoms with Crippen LogP contribution in [-0.4, -0.2) is 35.4 Å². The molecule has 74 valence electrons. The molecule has 0 radical (unpaired) electrons. The van der Waals surface area contributed by atoms with Crippen LogP contribution in [0.15, 0.2) is 18.3 Å². The third-order valence-corrected chi connectivity index (χ3v) is 3.10. The van der Waals surface area contributed by atoms with E-state index in [4.69, 9.17) is 0 Å². The Labute approximate surface area is 83.3 Å². The van der Waals surface area contributed by atoms with Crippen molar-refractivity contribution in [2.45, 2.75) is 24.9 Å². The SMILES string of the molecule is c1cnnc(N2CC3CCC(C2)N3)c1. The predicted molar refractivity (Wildman–Crippen MR) is 54.2 cm³/mol. The zero-order valence-electron chi connectivity index (χ0n) is 8.06. The summed E-state index contributed by atoms with van der Waals surface area (Å²) in [6, 6.07) is 5.32. The molecule has 0 aromatic carbocycles. The van der Waals surface area contributed by atoms with Gasteiger partial charge in [0.25, 0.3) is 0 Å². The average molecular weight is 190 g/mol. The van der Waals surface area contributed by atoms with Crippen LogP contribution in [0.2, 0.25) is 0 Å². The minimum Gasteiger partial charge on any atom is -0.352 e. The molecule has 4 nitrogen and oxygen atoms in total. The van der Waals surface area contributed by atoms with E-state index in [1.165, 1.54) is 12.8 Å². The van der Waals surface area contributed by atoms with Crippen molar-refractivity contribution in [1.82, 2.24) is 15.5 Å². The summed E-state index contributed by atoms with van der Waals surface area (Å²) in [5.41, 5.74) is 0. The van der Waals surface area contributed by atoms with Gasteiger partial charge in [-0.1, -0.05) is 0 Å². The van der Waals surface area contributed by atoms with Crippen LogP contribution < -0.4 is 10.2 Å². The molecule has 2 unspecified atom stereocenters. The lowest BCUT2D eigenvalue weighted by atomic mass is 10.2. The number of rotatable bonds is 1. The zero-order chi connectivity index (χ0) is 9.38. The molecule has 1 N–H and O–H groups in total. The van der Waals surface area contributed by atoms with Crippen molar-refractivity contribution in [3.63, 3.8) is 0 Å². The lowest BCUT2D eigenvalue weighted by Crippen LogP contribution is -2.51. The van der Waals surface area contributed by atoms with Crippen LogP contribution in [0.1, 0.15) is 12.8 Å². The highest BCUT2D eigenvalue weighted by atomic mass is 15.3. The number of nitrogens with one attached hydrogen (secondary N) is 1. The normalized spacial score (nSPS) is 30.7. The minimum absolute atomic E-state index is 0.663. The third kappa shape index (κ3) is 1.35. The zero-order valence-corrected chi connectivity index (χ0v) is 8.06. The number of piperazine rings is 1. The van der Waals surface area contributed by atoms with Gasteiger partial charge in [0.1, 0.15) is 0 Å². The number of fused-ring (bicyclic) bond motifs is 2. The molecule has 2 bridgehead atoms. The molecule has 2 aliphatic rings. The van der Waals surface area contributed by atoms with Crippen LogP contribution in [0.5, 0.6) is 0 Å². The van der Waals surface area contributed by atoms with Gasteiger partial charge in [0, 0.05) is 31.4 Å². The summed E-state index contributed by atoms with van der Waals surface area (Å²) in [5, 5.41) is 11.7. The molecule has 0 saturated carbocycles. The van der Waals surface area contributed by atoms with Crippen LogP contribution in [0.4, 0.5) is 5.82 Å². The van der Waals surface area contributed by atoms with Gasteiger partial charge >= 0.3 is 0 Å². The molecule has 2 aliphatic heterocycles. The first-order chi connectivity index (χ1) is 6.92. The summed E-state index contributed by atoms with van der Waals surface area (Å²) >= 11 is 0. The van der Waals surface area contributed by atoms with E-state index in [1.54, 1.807) is 6.20 Å². The highest BCUT2D eigenvalue weighted by Crippen LogP contribution is 2.22. The second-order valence-corrected chi connectivity index (χ2v) is 4.12. The second kappa shape index (κ2) is 3.20. The first-order valence-electron chi connectivity index (χ1n) is 5.20. The van der Waals surface area contributed by atoms with Crippen LogP contribution in [0, 0.1) is 0 Å². The highest BCUT2D eigenvalue weighted by molar-refractivity contribution is 5.38. The molecule has 1 aromatic rings. The van der Waals surface area contributed by atoms with Gasteiger partial charge in [-0.25, -0.2) is 0 Å². The van der Waals surface area contributed by atoms with Gasteiger partial charge in [0.05, 0.1) is 0 Å². The Morgan fingerprint density at radius 3 is 2.71 bits per heavy atom. The van der Waals surface area contributed by atoms with E-state index in [9.17, 15) is 0 Å². The van der Waals surface area contributed by atoms with Crippen LogP contribution >= 0.6 is 0 Å². The quantitative estimate of drug-likeness (QED) is 0.696. The Balaban J connectivity index is 1.81. The van der Waals surface area contributed by atoms with Crippen LogP contribution in [0.3, 0.4) is 0 Å². The number of anilines is 1. The lowest BCUT2D eigenvalue weighted by Gasteiger charge is -2.33. The maximum absolute atomic E-state index is 4.15. The van der Waals surface area contributed by atoms with Gasteiger partial charge in [-0.2, -0.15) is 5.10 Å². The lowest BCUT2D eigenvalue weighted by molar-refractivity contribution is 0.462. The van der Waals surface area contributed by atoms with Crippen molar-refractivity contribution < 1.29 is 0 Å². The fraction of sp³-hybridized carbons (Fsp3) is 0.600. The van der Waals surface area contributed by atoms with Gasteiger partial charge in [-0.05, 0) is 25.0 Å². The summed E-state index contributed by atoms with van der Waals surface area (Å²) in [5.74, 6) is 1.02. The number of hydrogen-bond acceptors (Lipinski definition) is 4. The van der Waals surface area contributed by atoms with Gasteiger partial charge in [-0.15, -0.1) is 5.10 Å². The van der Waals surface area contributed by atoms with E-state index in [-0.39, 0.29) is 0 Å². The second-order valence-electron chi connectivity index (χ2n) is 4.12. The Hall–Kier alpha value is -1.16. The van der Waals surface area contributed by atoms with Crippen molar-refractivity contribution in [3.05, 3.63) is 18.3 Å². The molecule has 2 fully saturated rings. The molecular weight excluding hydrogens is 176 g/mol. The maximum Gasteiger partial charge on any atom is 0.151 e. The largest absolute Gasteiger partial charge is 0.352 e. The maximum atomic E-state index is 4.15. The first kappa shape index (κ1) is 8.17. The molecule has 14 heavy (non-hydrogen) atoms. The van der Waals surface area contributed by atoms with E-state index >= 15 is 0 Å². The molecule has 0 spiro atoms. The summed E-state index contributed by atoms with van der Waals surface area (Å²) in [6.45, 7) is 2.16. The molecule has 0 amide bonds. The van der Waals surface area contributed by atoms with Gasteiger partial charge in [0.2, 0.25) is 0 Å². The molecule has 3 heterocycles. The fourth-order valence-corrected chi connectivity index (χ4v) is 2.45. The Morgan fingerprint density at radius 1 is 1.29 bits per heavy atom. The Bertz CT molecular complexity index is 301. The molecule has 4 heteroatoms. The standard InChI is InChI=1S/C10H14N4/c1-2-10(13-11-5-1)14-6-8-3-4-9(7-14)12-8/h1-2,5,8-9,12H,3-4,6-7H2. The van der Waals surface area contributed by atoms with E-state index in [2.05, 4.69) is 20.4 Å². The van der Waals surface area contributed by atoms with E-state index in [1.807, 2.05) is 12.1 Å². The smallest absolute Gasteiger partial charge is 0.151 e. The molecule has 2 saturated heterocycles. The molecule has 1 aromatic heterocycles. The van der Waals surface area contributed by atoms with Crippen molar-refractivity contribution in [1.29, 1.82) is 0 Å². The summed E-state index contributed by atoms with van der Waals surface area (Å²) in [4.78, 5) is 2.34. The third-order valence-electron chi connectivity index (χ3n) is 3.10. The minimum atomic E-state index is 0.663. The van der Waals surface area contributed by atoms with E-state index < -0.39 is 0 Å². The average Bonchev–Trinajstić information content (AvgIpc) is 2.59. The monoisotopic (exact) mass is 190 g/mol. The van der Waals surface area contributed by atoms with Gasteiger partial charge < -0.3 is 10.2 Å². The molecule has 2 atom stereocenters. The van der Waals surface area contributed by atoms with E-state index in [0.29, 0.717) is 12.1 Å². The predicted octanol–water partition coefficient (Wildman–Crippen LogP) is 0.417. The van der Waals surface area contributed by atoms with Crippen molar-refractivity contribution in [2.24, 2.45) is 0 Å². The number of hydrogen-bond donors (Lipinski definition) is 1. The first-order valence-corrected chi connectivity index (χ1v) is 5.20. The van der Waals surface area contributed by atoms with Crippen LogP contribution in [-0.2, 0) is 0 Å². The number of nitrogens with zero attached hydrogens (tertiary/aromatic N) is 3. The van der Waals surface area contributed by atoms with Gasteiger partial charge in [0.15, 0.2) is 5.82 Å². The molecular formula is C10H14N4. The van der Waals surface area contributed by atoms with E-state index in [0.717, 1.165) is 18.9 Å². The van der Waals surface area contributed by atoms with Crippen molar-refractivity contribution >= 4 is 5.82 Å². The Morgan fingerprint density at radius 2 is 2.07 bits per heavy atom. The Kier molecular flexibility index (Phi) is 1.87. The van der Waals surface area contributed by atoms with Gasteiger partial charge in [-0.3, -0.25) is 0 Å². The summed E-state index contributed by atoms with van der Waals surface area (Å²) in [6.07, 6.45) is 4.34. The highest BCUT2D eigenvalue weighted by Gasteiger charge is 2.32. The molecule has 0 aliphatic carbocycles. The number of aromatic nitrogens is 2. The summed E-state index contributed by atoms with van der Waals surface area (Å²) < 4.78 is 0.